The Labute approximate surface area is 154 Å². The number of fused-ring (bicyclic) bond motifs is 7. The van der Waals surface area contributed by atoms with Crippen molar-refractivity contribution in [2.75, 3.05) is 13.1 Å². The average Bonchev–Trinajstić information content (AvgIpc) is 2.60. The normalized spacial score (nSPS) is 22.0. The highest BCUT2D eigenvalue weighted by atomic mass is 19.1. The van der Waals surface area contributed by atoms with Crippen molar-refractivity contribution in [1.82, 2.24) is 4.90 Å². The highest BCUT2D eigenvalue weighted by Gasteiger charge is 2.37. The Balaban J connectivity index is 1.81. The van der Waals surface area contributed by atoms with Gasteiger partial charge in [-0.2, -0.15) is 0 Å². The van der Waals surface area contributed by atoms with E-state index in [0.29, 0.717) is 12.0 Å². The third-order valence-electron chi connectivity index (χ3n) is 6.34. The largest absolute Gasteiger partial charge is 0.291 e. The van der Waals surface area contributed by atoms with Gasteiger partial charge in [-0.05, 0) is 65.5 Å². The van der Waals surface area contributed by atoms with Crippen LogP contribution in [0.2, 0.25) is 0 Å². The lowest BCUT2D eigenvalue weighted by Crippen LogP contribution is -2.42. The molecule has 0 amide bonds. The summed E-state index contributed by atoms with van der Waals surface area (Å²) in [5, 5.41) is 1.84. The zero-order valence-corrected chi connectivity index (χ0v) is 15.6. The van der Waals surface area contributed by atoms with Crippen LogP contribution in [-0.4, -0.2) is 18.0 Å². The van der Waals surface area contributed by atoms with Crippen LogP contribution in [0.4, 0.5) is 4.39 Å². The Morgan fingerprint density at radius 1 is 1.00 bits per heavy atom. The fraction of sp³-hybridized carbons (Fsp3) is 0.333. The maximum Gasteiger partial charge on any atom is 0.131 e. The lowest BCUT2D eigenvalue weighted by molar-refractivity contribution is 0.187. The number of halogens is 1. The van der Waals surface area contributed by atoms with Gasteiger partial charge >= 0.3 is 0 Å². The lowest BCUT2D eigenvalue weighted by atomic mass is 9.76. The van der Waals surface area contributed by atoms with Crippen molar-refractivity contribution in [3.63, 3.8) is 0 Å². The molecule has 3 aromatic carbocycles. The van der Waals surface area contributed by atoms with Crippen molar-refractivity contribution in [1.29, 1.82) is 0 Å². The quantitative estimate of drug-likeness (QED) is 0.508. The average molecular weight is 345 g/mol. The van der Waals surface area contributed by atoms with Crippen LogP contribution in [0.3, 0.4) is 0 Å². The minimum atomic E-state index is -0.115. The van der Waals surface area contributed by atoms with E-state index in [1.54, 1.807) is 6.07 Å². The first-order chi connectivity index (χ1) is 12.5. The highest BCUT2D eigenvalue weighted by molar-refractivity contribution is 5.88. The first-order valence-corrected chi connectivity index (χ1v) is 9.59. The van der Waals surface area contributed by atoms with Gasteiger partial charge in [0, 0.05) is 18.5 Å². The van der Waals surface area contributed by atoms with Gasteiger partial charge < -0.3 is 0 Å². The summed E-state index contributed by atoms with van der Waals surface area (Å²) in [4.78, 5) is 2.62. The monoisotopic (exact) mass is 345 g/mol. The molecule has 2 heterocycles. The van der Waals surface area contributed by atoms with Crippen molar-refractivity contribution < 1.29 is 4.39 Å². The number of nitrogens with zero attached hydrogens (tertiary/aromatic N) is 1. The molecule has 2 aliphatic heterocycles. The molecule has 3 aromatic rings. The predicted octanol–water partition coefficient (Wildman–Crippen LogP) is 5.66. The fourth-order valence-electron chi connectivity index (χ4n) is 5.35. The second-order valence-electron chi connectivity index (χ2n) is 8.10. The molecule has 0 spiro atoms. The summed E-state index contributed by atoms with van der Waals surface area (Å²) in [7, 11) is 0. The zero-order chi connectivity index (χ0) is 18.0. The molecule has 2 atom stereocenters. The fourth-order valence-corrected chi connectivity index (χ4v) is 5.35. The molecule has 0 bridgehead atoms. The van der Waals surface area contributed by atoms with Crippen LogP contribution in [0.5, 0.6) is 0 Å². The number of benzene rings is 3. The van der Waals surface area contributed by atoms with Crippen LogP contribution in [0.25, 0.3) is 10.8 Å². The van der Waals surface area contributed by atoms with Crippen LogP contribution in [0.1, 0.15) is 52.3 Å². The molecular formula is C24H24FN. The summed E-state index contributed by atoms with van der Waals surface area (Å²) in [6.07, 6.45) is 1.13. The summed E-state index contributed by atoms with van der Waals surface area (Å²) >= 11 is 0. The van der Waals surface area contributed by atoms with Gasteiger partial charge in [-0.25, -0.2) is 4.39 Å². The molecule has 0 N–H and O–H groups in total. The highest BCUT2D eigenvalue weighted by Crippen LogP contribution is 2.46. The third kappa shape index (κ3) is 2.18. The van der Waals surface area contributed by atoms with Gasteiger partial charge in [-0.1, -0.05) is 48.9 Å². The van der Waals surface area contributed by atoms with E-state index in [9.17, 15) is 4.39 Å². The summed E-state index contributed by atoms with van der Waals surface area (Å²) in [5.41, 5.74) is 8.42. The Morgan fingerprint density at radius 2 is 1.85 bits per heavy atom. The van der Waals surface area contributed by atoms with Crippen LogP contribution >= 0.6 is 0 Å². The zero-order valence-electron chi connectivity index (χ0n) is 15.6. The van der Waals surface area contributed by atoms with Crippen molar-refractivity contribution in [3.8, 4) is 0 Å². The van der Waals surface area contributed by atoms with E-state index in [0.717, 1.165) is 30.3 Å². The predicted molar refractivity (Wildman–Crippen MR) is 105 cm³/mol. The molecule has 1 nitrogen and oxygen atoms in total. The molecular weight excluding hydrogens is 321 g/mol. The Hall–Kier alpha value is -2.19. The molecule has 5 rings (SSSR count). The van der Waals surface area contributed by atoms with E-state index in [1.165, 1.54) is 33.4 Å². The molecule has 2 heteroatoms. The second kappa shape index (κ2) is 5.65. The van der Waals surface area contributed by atoms with Gasteiger partial charge in [0.15, 0.2) is 0 Å². The van der Waals surface area contributed by atoms with Crippen LogP contribution in [0, 0.1) is 19.7 Å². The van der Waals surface area contributed by atoms with Gasteiger partial charge in [0.25, 0.3) is 0 Å². The lowest BCUT2D eigenvalue weighted by Gasteiger charge is -2.45. The Morgan fingerprint density at radius 3 is 2.69 bits per heavy atom. The van der Waals surface area contributed by atoms with Crippen molar-refractivity contribution >= 4 is 10.8 Å². The summed E-state index contributed by atoms with van der Waals surface area (Å²) in [6.45, 7) is 8.86. The molecule has 2 aliphatic rings. The topological polar surface area (TPSA) is 3.24 Å². The molecule has 0 fully saturated rings. The molecule has 0 aromatic heterocycles. The number of aryl methyl sites for hydroxylation is 2. The van der Waals surface area contributed by atoms with E-state index in [1.807, 2.05) is 12.1 Å². The smallest absolute Gasteiger partial charge is 0.131 e. The van der Waals surface area contributed by atoms with Crippen molar-refractivity contribution in [2.24, 2.45) is 0 Å². The first kappa shape index (κ1) is 16.0. The van der Waals surface area contributed by atoms with Crippen LogP contribution in [-0.2, 0) is 6.42 Å². The molecule has 0 aliphatic carbocycles. The van der Waals surface area contributed by atoms with E-state index in [2.05, 4.69) is 49.9 Å². The van der Waals surface area contributed by atoms with Crippen LogP contribution in [0.15, 0.2) is 42.5 Å². The number of hydrogen-bond acceptors (Lipinski definition) is 1. The first-order valence-electron chi connectivity index (χ1n) is 9.59. The van der Waals surface area contributed by atoms with Gasteiger partial charge in [-0.3, -0.25) is 4.90 Å². The SMILES string of the molecule is Cc1cc(C)c2c(c1)C1c3ccc4c(F)cccc4c3C(C)CN1CC2. The van der Waals surface area contributed by atoms with Gasteiger partial charge in [0.1, 0.15) is 5.82 Å². The van der Waals surface area contributed by atoms with Gasteiger partial charge in [0.2, 0.25) is 0 Å². The maximum atomic E-state index is 14.4. The van der Waals surface area contributed by atoms with Crippen molar-refractivity contribution in [2.45, 2.75) is 39.2 Å². The van der Waals surface area contributed by atoms with Crippen LogP contribution < -0.4 is 0 Å². The molecule has 0 saturated heterocycles. The minimum absolute atomic E-state index is 0.115. The molecule has 26 heavy (non-hydrogen) atoms. The Kier molecular flexibility index (Phi) is 3.48. The minimum Gasteiger partial charge on any atom is -0.291 e. The molecule has 2 unspecified atom stereocenters. The summed E-state index contributed by atoms with van der Waals surface area (Å²) in [5.74, 6) is 0.301. The van der Waals surface area contributed by atoms with Gasteiger partial charge in [-0.15, -0.1) is 0 Å². The van der Waals surface area contributed by atoms with E-state index < -0.39 is 0 Å². The maximum absolute atomic E-state index is 14.4. The van der Waals surface area contributed by atoms with E-state index in [4.69, 9.17) is 0 Å². The van der Waals surface area contributed by atoms with Crippen molar-refractivity contribution in [3.05, 3.63) is 81.7 Å². The van der Waals surface area contributed by atoms with E-state index in [-0.39, 0.29) is 5.82 Å². The van der Waals surface area contributed by atoms with E-state index >= 15 is 0 Å². The molecule has 0 saturated carbocycles. The summed E-state index contributed by atoms with van der Waals surface area (Å²) in [6, 6.07) is 14.6. The van der Waals surface area contributed by atoms with Gasteiger partial charge in [0.05, 0.1) is 6.04 Å². The second-order valence-corrected chi connectivity index (χ2v) is 8.10. The standard InChI is InChI=1S/C24H24FN/c1-14-11-15(2)17-9-10-26-13-16(3)23-19-5-4-6-22(25)18(19)7-8-20(23)24(26)21(17)12-14/h4-8,11-12,16,24H,9-10,13H2,1-3H3. The molecule has 0 radical (unpaired) electrons. The molecule has 132 valence electrons. The Bertz CT molecular complexity index is 1040. The third-order valence-corrected chi connectivity index (χ3v) is 6.34. The number of hydrogen-bond donors (Lipinski definition) is 0. The summed E-state index contributed by atoms with van der Waals surface area (Å²) < 4.78 is 14.4. The number of rotatable bonds is 0.